The summed E-state index contributed by atoms with van der Waals surface area (Å²) in [5.41, 5.74) is 8.70. The van der Waals surface area contributed by atoms with Crippen LogP contribution in [0.25, 0.3) is 0 Å². The Hall–Kier alpha value is -1.04. The van der Waals surface area contributed by atoms with Crippen molar-refractivity contribution in [3.8, 4) is 5.75 Å². The summed E-state index contributed by atoms with van der Waals surface area (Å²) in [7, 11) is 1.81. The fourth-order valence-corrected chi connectivity index (χ4v) is 2.60. The molecule has 2 rings (SSSR count). The third kappa shape index (κ3) is 3.16. The summed E-state index contributed by atoms with van der Waals surface area (Å²) in [5.74, 6) is 0.766. The molecule has 0 saturated heterocycles. The van der Waals surface area contributed by atoms with Crippen molar-refractivity contribution in [2.45, 2.75) is 26.5 Å². The molecule has 0 unspecified atom stereocenters. The van der Waals surface area contributed by atoms with Gasteiger partial charge in [-0.25, -0.2) is 0 Å². The maximum absolute atomic E-state index is 6.20. The summed E-state index contributed by atoms with van der Waals surface area (Å²) < 4.78 is 8.50. The average Bonchev–Trinajstić information content (AvgIpc) is 2.62. The van der Waals surface area contributed by atoms with Gasteiger partial charge in [0.25, 0.3) is 0 Å². The molecule has 0 bridgehead atoms. The Balaban J connectivity index is 2.23. The van der Waals surface area contributed by atoms with Gasteiger partial charge in [-0.3, -0.25) is 4.68 Å². The van der Waals surface area contributed by atoms with Gasteiger partial charge in [-0.05, 0) is 32.0 Å². The van der Waals surface area contributed by atoms with Gasteiger partial charge in [0.15, 0.2) is 0 Å². The molecule has 6 heteroatoms. The lowest BCUT2D eigenvalue weighted by Gasteiger charge is -2.14. The molecule has 2 aromatic rings. The molecule has 0 saturated carbocycles. The second-order valence-corrected chi connectivity index (χ2v) is 6.01. The minimum absolute atomic E-state index is 0.104. The van der Waals surface area contributed by atoms with Gasteiger partial charge in [-0.15, -0.1) is 0 Å². The van der Waals surface area contributed by atoms with Crippen molar-refractivity contribution in [1.29, 1.82) is 0 Å². The molecule has 108 valence electrons. The van der Waals surface area contributed by atoms with Crippen LogP contribution in [0.15, 0.2) is 22.7 Å². The summed E-state index contributed by atoms with van der Waals surface area (Å²) in [6.45, 7) is 4.22. The van der Waals surface area contributed by atoms with Gasteiger partial charge in [0.05, 0.1) is 5.69 Å². The zero-order valence-electron chi connectivity index (χ0n) is 11.7. The highest BCUT2D eigenvalue weighted by atomic mass is 79.9. The van der Waals surface area contributed by atoms with Crippen molar-refractivity contribution in [2.75, 3.05) is 0 Å². The van der Waals surface area contributed by atoms with Crippen LogP contribution >= 0.6 is 27.5 Å². The van der Waals surface area contributed by atoms with E-state index in [4.69, 9.17) is 22.1 Å². The van der Waals surface area contributed by atoms with E-state index in [0.717, 1.165) is 27.0 Å². The first-order valence-electron chi connectivity index (χ1n) is 6.26. The third-order valence-electron chi connectivity index (χ3n) is 3.10. The van der Waals surface area contributed by atoms with Crippen LogP contribution in [0.1, 0.15) is 29.8 Å². The lowest BCUT2D eigenvalue weighted by atomic mass is 10.1. The lowest BCUT2D eigenvalue weighted by Crippen LogP contribution is -2.08. The first-order valence-corrected chi connectivity index (χ1v) is 7.43. The van der Waals surface area contributed by atoms with E-state index in [9.17, 15) is 0 Å². The number of halogens is 2. The van der Waals surface area contributed by atoms with Crippen LogP contribution in [0.2, 0.25) is 5.15 Å². The van der Waals surface area contributed by atoms with Crippen LogP contribution in [-0.2, 0) is 13.7 Å². The van der Waals surface area contributed by atoms with Crippen molar-refractivity contribution >= 4 is 27.5 Å². The maximum atomic E-state index is 6.20. The fourth-order valence-electron chi connectivity index (χ4n) is 1.99. The number of nitrogens with two attached hydrogens (primary N) is 1. The van der Waals surface area contributed by atoms with E-state index >= 15 is 0 Å². The Labute approximate surface area is 132 Å². The van der Waals surface area contributed by atoms with Crippen molar-refractivity contribution in [2.24, 2.45) is 12.8 Å². The monoisotopic (exact) mass is 357 g/mol. The molecule has 20 heavy (non-hydrogen) atoms. The molecule has 0 radical (unpaired) electrons. The zero-order chi connectivity index (χ0) is 14.9. The molecular formula is C14H17BrClN3O. The second kappa shape index (κ2) is 6.16. The Morgan fingerprint density at radius 2 is 2.20 bits per heavy atom. The summed E-state index contributed by atoms with van der Waals surface area (Å²) >= 11 is 9.64. The quantitative estimate of drug-likeness (QED) is 0.905. The Bertz CT molecular complexity index is 625. The number of rotatable bonds is 4. The van der Waals surface area contributed by atoms with Gasteiger partial charge in [-0.1, -0.05) is 27.5 Å². The molecule has 0 amide bonds. The minimum atomic E-state index is -0.104. The minimum Gasteiger partial charge on any atom is -0.488 e. The average molecular weight is 359 g/mol. The van der Waals surface area contributed by atoms with Gasteiger partial charge in [0, 0.05) is 28.7 Å². The molecule has 1 aromatic carbocycles. The molecule has 1 aromatic heterocycles. The van der Waals surface area contributed by atoms with E-state index in [2.05, 4.69) is 21.0 Å². The lowest BCUT2D eigenvalue weighted by molar-refractivity contribution is 0.300. The molecule has 0 spiro atoms. The van der Waals surface area contributed by atoms with Crippen molar-refractivity contribution in [3.05, 3.63) is 44.6 Å². The smallest absolute Gasteiger partial charge is 0.133 e. The van der Waals surface area contributed by atoms with Crippen LogP contribution < -0.4 is 10.5 Å². The zero-order valence-corrected chi connectivity index (χ0v) is 14.0. The first-order chi connectivity index (χ1) is 9.40. The van der Waals surface area contributed by atoms with E-state index in [-0.39, 0.29) is 6.04 Å². The summed E-state index contributed by atoms with van der Waals surface area (Å²) in [6, 6.07) is 5.70. The van der Waals surface area contributed by atoms with E-state index in [1.165, 1.54) is 0 Å². The van der Waals surface area contributed by atoms with Crippen LogP contribution in [-0.4, -0.2) is 9.78 Å². The normalized spacial score (nSPS) is 12.5. The van der Waals surface area contributed by atoms with Crippen LogP contribution in [0, 0.1) is 6.92 Å². The molecule has 0 aliphatic carbocycles. The molecular weight excluding hydrogens is 342 g/mol. The van der Waals surface area contributed by atoms with Crippen molar-refractivity contribution < 1.29 is 4.74 Å². The van der Waals surface area contributed by atoms with Crippen LogP contribution in [0.3, 0.4) is 0 Å². The van der Waals surface area contributed by atoms with Crippen LogP contribution in [0.5, 0.6) is 5.75 Å². The van der Waals surface area contributed by atoms with Gasteiger partial charge in [0.1, 0.15) is 17.5 Å². The highest BCUT2D eigenvalue weighted by Crippen LogP contribution is 2.29. The molecule has 0 aliphatic heterocycles. The summed E-state index contributed by atoms with van der Waals surface area (Å²) in [6.07, 6.45) is 0. The van der Waals surface area contributed by atoms with E-state index in [0.29, 0.717) is 11.8 Å². The van der Waals surface area contributed by atoms with Gasteiger partial charge >= 0.3 is 0 Å². The number of hydrogen-bond donors (Lipinski definition) is 1. The molecule has 0 fully saturated rings. The van der Waals surface area contributed by atoms with Gasteiger partial charge in [0.2, 0.25) is 0 Å². The fraction of sp³-hybridized carbons (Fsp3) is 0.357. The molecule has 1 heterocycles. The Kier molecular flexibility index (Phi) is 4.73. The Morgan fingerprint density at radius 1 is 1.50 bits per heavy atom. The first kappa shape index (κ1) is 15.4. The van der Waals surface area contributed by atoms with E-state index < -0.39 is 0 Å². The second-order valence-electron chi connectivity index (χ2n) is 4.74. The Morgan fingerprint density at radius 3 is 2.75 bits per heavy atom. The number of ether oxygens (including phenoxy) is 1. The highest BCUT2D eigenvalue weighted by Gasteiger charge is 2.14. The van der Waals surface area contributed by atoms with Crippen molar-refractivity contribution in [3.63, 3.8) is 0 Å². The van der Waals surface area contributed by atoms with E-state index in [1.54, 1.807) is 4.68 Å². The van der Waals surface area contributed by atoms with Crippen molar-refractivity contribution in [1.82, 2.24) is 9.78 Å². The number of hydrogen-bond acceptors (Lipinski definition) is 3. The number of aromatic nitrogens is 2. The maximum Gasteiger partial charge on any atom is 0.133 e. The molecule has 2 N–H and O–H groups in total. The van der Waals surface area contributed by atoms with E-state index in [1.807, 2.05) is 39.1 Å². The number of benzene rings is 1. The standard InChI is InChI=1S/C14H17BrClN3O/c1-8(17)11-6-10(15)4-5-13(11)20-7-12-9(2)18-19(3)14(12)16/h4-6,8H,7,17H2,1-3H3/t8-/m0/s1. The van der Waals surface area contributed by atoms with Gasteiger partial charge < -0.3 is 10.5 Å². The highest BCUT2D eigenvalue weighted by molar-refractivity contribution is 9.10. The molecule has 0 aliphatic rings. The largest absolute Gasteiger partial charge is 0.488 e. The molecule has 4 nitrogen and oxygen atoms in total. The predicted molar refractivity (Wildman–Crippen MR) is 84.0 cm³/mol. The summed E-state index contributed by atoms with van der Waals surface area (Å²) in [4.78, 5) is 0. The topological polar surface area (TPSA) is 53.1 Å². The predicted octanol–water partition coefficient (Wildman–Crippen LogP) is 3.74. The molecule has 1 atom stereocenters. The summed E-state index contributed by atoms with van der Waals surface area (Å²) in [5, 5.41) is 4.87. The van der Waals surface area contributed by atoms with Crippen LogP contribution in [0.4, 0.5) is 0 Å². The third-order valence-corrected chi connectivity index (χ3v) is 4.07. The van der Waals surface area contributed by atoms with Gasteiger partial charge in [-0.2, -0.15) is 5.10 Å². The number of nitrogens with zero attached hydrogens (tertiary/aromatic N) is 2. The SMILES string of the molecule is Cc1nn(C)c(Cl)c1COc1ccc(Br)cc1[C@H](C)N. The number of aryl methyl sites for hydroxylation is 2.